The number of methoxy groups -OCH3 is 1. The number of ketones is 1. The minimum Gasteiger partial charge on any atom is -0.507 e. The Labute approximate surface area is 206 Å². The average molecular weight is 495 g/mol. The molecule has 3 unspecified atom stereocenters. The van der Waals surface area contributed by atoms with Gasteiger partial charge in [-0.05, 0) is 24.3 Å². The summed E-state index contributed by atoms with van der Waals surface area (Å²) in [5.74, 6) is -2.76. The Hall–Kier alpha value is -2.04. The van der Waals surface area contributed by atoms with Gasteiger partial charge in [-0.1, -0.05) is 41.0 Å². The number of rotatable bonds is 10. The van der Waals surface area contributed by atoms with E-state index < -0.39 is 59.0 Å². The number of aliphatic hydroxyl groups excluding tert-OH is 2. The first kappa shape index (κ1) is 27.5. The molecule has 0 radical (unpaired) electrons. The van der Waals surface area contributed by atoms with Gasteiger partial charge in [-0.2, -0.15) is 0 Å². The van der Waals surface area contributed by atoms with Crippen LogP contribution in [0.25, 0.3) is 0 Å². The Kier molecular flexibility index (Phi) is 8.28. The number of phenolic OH excluding ortho intramolecular Hbond substituents is 2. The van der Waals surface area contributed by atoms with Crippen molar-refractivity contribution >= 4 is 12.1 Å². The Morgan fingerprint density at radius 2 is 1.89 bits per heavy atom. The van der Waals surface area contributed by atoms with Gasteiger partial charge in [-0.3, -0.25) is 9.59 Å². The molecule has 0 saturated carbocycles. The van der Waals surface area contributed by atoms with Crippen molar-refractivity contribution in [1.82, 2.24) is 0 Å². The van der Waals surface area contributed by atoms with Gasteiger partial charge in [0.2, 0.25) is 0 Å². The largest absolute Gasteiger partial charge is 0.507 e. The van der Waals surface area contributed by atoms with E-state index in [9.17, 15) is 30.0 Å². The van der Waals surface area contributed by atoms with E-state index in [1.165, 1.54) is 13.2 Å². The molecule has 35 heavy (non-hydrogen) atoms. The zero-order valence-corrected chi connectivity index (χ0v) is 21.2. The summed E-state index contributed by atoms with van der Waals surface area (Å²) in [6.45, 7) is 9.36. The van der Waals surface area contributed by atoms with Crippen LogP contribution in [0.15, 0.2) is 6.07 Å². The monoisotopic (exact) mass is 494 g/mol. The minimum absolute atomic E-state index is 0.0627. The first-order chi connectivity index (χ1) is 16.5. The molecule has 9 nitrogen and oxygen atoms in total. The van der Waals surface area contributed by atoms with Crippen LogP contribution in [-0.2, 0) is 14.2 Å². The first-order valence-electron chi connectivity index (χ1n) is 12.3. The van der Waals surface area contributed by atoms with Gasteiger partial charge in [0.25, 0.3) is 0 Å². The molecule has 1 aromatic rings. The average Bonchev–Trinajstić information content (AvgIpc) is 3.55. The highest BCUT2D eigenvalue weighted by atomic mass is 16.7. The fourth-order valence-electron chi connectivity index (χ4n) is 5.46. The number of hydrogen-bond donors (Lipinski definition) is 4. The van der Waals surface area contributed by atoms with Crippen LogP contribution < -0.4 is 0 Å². The number of aliphatic hydroxyl groups is 2. The summed E-state index contributed by atoms with van der Waals surface area (Å²) in [4.78, 5) is 25.7. The molecule has 4 N–H and O–H groups in total. The van der Waals surface area contributed by atoms with Crippen LogP contribution in [0.3, 0.4) is 0 Å². The number of Topliss-reactive ketones (excluding diaryl/α,β-unsaturated/α-hetero) is 1. The highest BCUT2D eigenvalue weighted by Crippen LogP contribution is 2.51. The smallest absolute Gasteiger partial charge is 0.189 e. The molecular weight excluding hydrogens is 456 g/mol. The molecule has 2 aliphatic heterocycles. The van der Waals surface area contributed by atoms with Gasteiger partial charge < -0.3 is 34.6 Å². The third-order valence-electron chi connectivity index (χ3n) is 7.68. The highest BCUT2D eigenvalue weighted by Gasteiger charge is 2.68. The summed E-state index contributed by atoms with van der Waals surface area (Å²) in [5.41, 5.74) is -1.50. The second-order valence-corrected chi connectivity index (χ2v) is 10.1. The molecule has 3 rings (SSSR count). The number of benzene rings is 1. The number of phenols is 2. The standard InChI is InChI=1S/C26H38O9/c1-7-13(5)20(17-10-18(28)26(25(32)34-17)19(8-2)35-26)23(31)14-9-15(24(33-6)12(3)4)22(30)16(11-27)21(14)29/h9,11-13,17-20,24-25,28-30,32H,7-8,10H2,1-6H3/t13?,17-,18-,19+,20?,24?,25-,26+/m1/s1. The van der Waals surface area contributed by atoms with E-state index in [0.717, 1.165) is 0 Å². The van der Waals surface area contributed by atoms with Crippen LogP contribution in [0.4, 0.5) is 0 Å². The Morgan fingerprint density at radius 1 is 1.23 bits per heavy atom. The van der Waals surface area contributed by atoms with Crippen molar-refractivity contribution in [2.75, 3.05) is 7.11 Å². The van der Waals surface area contributed by atoms with E-state index in [4.69, 9.17) is 14.2 Å². The number of ether oxygens (including phenoxy) is 3. The van der Waals surface area contributed by atoms with E-state index in [2.05, 4.69) is 0 Å². The maximum absolute atomic E-state index is 13.9. The number of carbonyl (C=O) groups excluding carboxylic acids is 2. The molecule has 0 amide bonds. The quantitative estimate of drug-likeness (QED) is 0.219. The first-order valence-corrected chi connectivity index (χ1v) is 12.3. The number of aldehydes is 1. The van der Waals surface area contributed by atoms with Crippen molar-refractivity contribution in [2.45, 2.75) is 90.2 Å². The molecular formula is C26H38O9. The van der Waals surface area contributed by atoms with Gasteiger partial charge in [-0.25, -0.2) is 0 Å². The fraction of sp³-hybridized carbons (Fsp3) is 0.692. The number of aromatic hydroxyl groups is 2. The molecule has 2 heterocycles. The van der Waals surface area contributed by atoms with E-state index in [1.807, 2.05) is 34.6 Å². The van der Waals surface area contributed by atoms with Crippen molar-refractivity contribution in [3.63, 3.8) is 0 Å². The zero-order valence-electron chi connectivity index (χ0n) is 21.2. The lowest BCUT2D eigenvalue weighted by Crippen LogP contribution is -2.55. The zero-order chi connectivity index (χ0) is 26.2. The molecule has 196 valence electrons. The van der Waals surface area contributed by atoms with E-state index in [0.29, 0.717) is 19.1 Å². The SMILES string of the molecule is CCC(C)C(C(=O)c1cc(C(OC)C(C)C)c(O)c(C=O)c1O)[C@H]1C[C@@H](O)[C@@]2(O[C@H]2CC)[C@H](O)O1. The van der Waals surface area contributed by atoms with Crippen molar-refractivity contribution in [1.29, 1.82) is 0 Å². The molecule has 9 heteroatoms. The second-order valence-electron chi connectivity index (χ2n) is 10.1. The van der Waals surface area contributed by atoms with Crippen molar-refractivity contribution in [3.8, 4) is 11.5 Å². The Bertz CT molecular complexity index is 931. The summed E-state index contributed by atoms with van der Waals surface area (Å²) >= 11 is 0. The fourth-order valence-corrected chi connectivity index (χ4v) is 5.46. The van der Waals surface area contributed by atoms with Gasteiger partial charge in [0.05, 0.1) is 41.5 Å². The minimum atomic E-state index is -1.41. The summed E-state index contributed by atoms with van der Waals surface area (Å²) in [7, 11) is 1.46. The highest BCUT2D eigenvalue weighted by molar-refractivity contribution is 6.04. The molecule has 2 fully saturated rings. The number of hydrogen-bond acceptors (Lipinski definition) is 9. The summed E-state index contributed by atoms with van der Waals surface area (Å²) in [6, 6.07) is 1.36. The van der Waals surface area contributed by atoms with Gasteiger partial charge in [0.1, 0.15) is 11.5 Å². The van der Waals surface area contributed by atoms with Gasteiger partial charge in [0.15, 0.2) is 24.0 Å². The lowest BCUT2D eigenvalue weighted by atomic mass is 9.75. The molecule has 2 saturated heterocycles. The predicted molar refractivity (Wildman–Crippen MR) is 126 cm³/mol. The molecule has 0 aliphatic carbocycles. The lowest BCUT2D eigenvalue weighted by Gasteiger charge is -2.40. The van der Waals surface area contributed by atoms with Crippen LogP contribution in [0, 0.1) is 17.8 Å². The van der Waals surface area contributed by atoms with Crippen molar-refractivity contribution in [3.05, 3.63) is 22.8 Å². The number of carbonyl (C=O) groups is 2. The van der Waals surface area contributed by atoms with Crippen LogP contribution in [0.1, 0.15) is 86.3 Å². The van der Waals surface area contributed by atoms with Crippen LogP contribution in [0.2, 0.25) is 0 Å². The molecule has 0 bridgehead atoms. The second kappa shape index (κ2) is 10.5. The van der Waals surface area contributed by atoms with Crippen LogP contribution in [0.5, 0.6) is 11.5 Å². The molecule has 1 spiro atoms. The summed E-state index contributed by atoms with van der Waals surface area (Å²) in [5, 5.41) is 43.1. The predicted octanol–water partition coefficient (Wildman–Crippen LogP) is 3.11. The van der Waals surface area contributed by atoms with Gasteiger partial charge in [0, 0.05) is 19.1 Å². The lowest BCUT2D eigenvalue weighted by molar-refractivity contribution is -0.241. The molecule has 0 aromatic heterocycles. The molecule has 8 atom stereocenters. The maximum atomic E-state index is 13.9. The third kappa shape index (κ3) is 4.60. The topological polar surface area (TPSA) is 146 Å². The van der Waals surface area contributed by atoms with E-state index in [-0.39, 0.29) is 35.5 Å². The van der Waals surface area contributed by atoms with Gasteiger partial charge >= 0.3 is 0 Å². The summed E-state index contributed by atoms with van der Waals surface area (Å²) in [6.07, 6.45) is -2.70. The van der Waals surface area contributed by atoms with Crippen molar-refractivity contribution < 1.29 is 44.2 Å². The number of epoxide rings is 1. The van der Waals surface area contributed by atoms with Crippen LogP contribution in [-0.4, -0.2) is 69.8 Å². The van der Waals surface area contributed by atoms with E-state index >= 15 is 0 Å². The van der Waals surface area contributed by atoms with E-state index in [1.54, 1.807) is 0 Å². The summed E-state index contributed by atoms with van der Waals surface area (Å²) < 4.78 is 17.0. The molecule has 2 aliphatic rings. The normalized spacial score (nSPS) is 30.8. The maximum Gasteiger partial charge on any atom is 0.189 e. The Morgan fingerprint density at radius 3 is 2.34 bits per heavy atom. The third-order valence-corrected chi connectivity index (χ3v) is 7.68. The van der Waals surface area contributed by atoms with Crippen LogP contribution >= 0.6 is 0 Å². The Balaban J connectivity index is 2.04. The molecule has 1 aromatic carbocycles. The van der Waals surface area contributed by atoms with Crippen molar-refractivity contribution in [2.24, 2.45) is 17.8 Å². The van der Waals surface area contributed by atoms with Gasteiger partial charge in [-0.15, -0.1) is 0 Å².